The third-order valence-corrected chi connectivity index (χ3v) is 4.84. The molecule has 2 amide bonds. The van der Waals surface area contributed by atoms with Crippen molar-refractivity contribution in [1.82, 2.24) is 5.32 Å². The van der Waals surface area contributed by atoms with Crippen molar-refractivity contribution in [3.05, 3.63) is 83.4 Å². The molecule has 0 atom stereocenters. The van der Waals surface area contributed by atoms with Gasteiger partial charge in [-0.25, -0.2) is 4.79 Å². The monoisotopic (exact) mass is 378 g/mol. The number of amides is 2. The maximum absolute atomic E-state index is 11.9. The molecule has 0 radical (unpaired) electrons. The number of hydrogen-bond donors (Lipinski definition) is 1. The van der Waals surface area contributed by atoms with Gasteiger partial charge in [0.25, 0.3) is 0 Å². The summed E-state index contributed by atoms with van der Waals surface area (Å²) in [4.78, 5) is 13.7. The van der Waals surface area contributed by atoms with Crippen LogP contribution in [0.25, 0.3) is 11.1 Å². The Morgan fingerprint density at radius 2 is 1.85 bits per heavy atom. The SMILES string of the molecule is O=C1NCCN1c1ccc(Cl)c(-c2cccc(OCc3ccccc3)c2)c1. The van der Waals surface area contributed by atoms with Gasteiger partial charge < -0.3 is 10.1 Å². The molecular weight excluding hydrogens is 360 g/mol. The molecule has 136 valence electrons. The van der Waals surface area contributed by atoms with Gasteiger partial charge in [-0.2, -0.15) is 0 Å². The number of ether oxygens (including phenoxy) is 1. The molecule has 1 aliphatic heterocycles. The Morgan fingerprint density at radius 3 is 2.63 bits per heavy atom. The molecule has 0 unspecified atom stereocenters. The lowest BCUT2D eigenvalue weighted by molar-refractivity contribution is 0.252. The average molecular weight is 379 g/mol. The third kappa shape index (κ3) is 3.91. The van der Waals surface area contributed by atoms with Crippen LogP contribution in [0.1, 0.15) is 5.56 Å². The number of benzene rings is 3. The zero-order valence-corrected chi connectivity index (χ0v) is 15.4. The third-order valence-electron chi connectivity index (χ3n) is 4.51. The first-order chi connectivity index (χ1) is 13.2. The normalized spacial score (nSPS) is 13.5. The molecule has 0 bridgehead atoms. The largest absolute Gasteiger partial charge is 0.489 e. The summed E-state index contributed by atoms with van der Waals surface area (Å²) in [5, 5.41) is 3.45. The minimum atomic E-state index is -0.0804. The Morgan fingerprint density at radius 1 is 1.00 bits per heavy atom. The Balaban J connectivity index is 1.58. The van der Waals surface area contributed by atoms with E-state index in [0.29, 0.717) is 24.7 Å². The number of hydrogen-bond acceptors (Lipinski definition) is 2. The van der Waals surface area contributed by atoms with Crippen molar-refractivity contribution < 1.29 is 9.53 Å². The topological polar surface area (TPSA) is 41.6 Å². The predicted molar refractivity (Wildman–Crippen MR) is 108 cm³/mol. The van der Waals surface area contributed by atoms with Crippen LogP contribution in [0.2, 0.25) is 5.02 Å². The molecule has 3 aromatic carbocycles. The van der Waals surface area contributed by atoms with Gasteiger partial charge in [0, 0.05) is 29.4 Å². The van der Waals surface area contributed by atoms with Crippen LogP contribution in [0.5, 0.6) is 5.75 Å². The van der Waals surface area contributed by atoms with Crippen molar-refractivity contribution in [3.63, 3.8) is 0 Å². The standard InChI is InChI=1S/C22H19ClN2O2/c23-21-10-9-18(25-12-11-24-22(25)26)14-20(21)17-7-4-8-19(13-17)27-15-16-5-2-1-3-6-16/h1-10,13-14H,11-12,15H2,(H,24,26). The summed E-state index contributed by atoms with van der Waals surface area (Å²) < 4.78 is 5.92. The number of anilines is 1. The molecule has 0 aliphatic carbocycles. The minimum absolute atomic E-state index is 0.0804. The van der Waals surface area contributed by atoms with Gasteiger partial charge in [0.05, 0.1) is 0 Å². The molecular formula is C22H19ClN2O2. The lowest BCUT2D eigenvalue weighted by Crippen LogP contribution is -2.27. The summed E-state index contributed by atoms with van der Waals surface area (Å²) in [5.41, 5.74) is 3.77. The molecule has 0 aromatic heterocycles. The number of halogens is 1. The van der Waals surface area contributed by atoms with Gasteiger partial charge in [0.15, 0.2) is 0 Å². The summed E-state index contributed by atoms with van der Waals surface area (Å²) in [5.74, 6) is 0.775. The Hall–Kier alpha value is -2.98. The summed E-state index contributed by atoms with van der Waals surface area (Å²) in [6, 6.07) is 23.4. The summed E-state index contributed by atoms with van der Waals surface area (Å²) in [6.45, 7) is 1.81. The average Bonchev–Trinajstić information content (AvgIpc) is 3.14. The van der Waals surface area contributed by atoms with Crippen molar-refractivity contribution in [1.29, 1.82) is 0 Å². The fraction of sp³-hybridized carbons (Fsp3) is 0.136. The molecule has 1 aliphatic rings. The Bertz CT molecular complexity index is 960. The fourth-order valence-corrected chi connectivity index (χ4v) is 3.34. The highest BCUT2D eigenvalue weighted by atomic mass is 35.5. The second-order valence-corrected chi connectivity index (χ2v) is 6.76. The van der Waals surface area contributed by atoms with Crippen molar-refractivity contribution in [2.24, 2.45) is 0 Å². The fourth-order valence-electron chi connectivity index (χ4n) is 3.11. The van der Waals surface area contributed by atoms with E-state index in [-0.39, 0.29) is 6.03 Å². The van der Waals surface area contributed by atoms with Crippen molar-refractivity contribution in [2.75, 3.05) is 18.0 Å². The molecule has 1 N–H and O–H groups in total. The lowest BCUT2D eigenvalue weighted by Gasteiger charge is -2.16. The zero-order chi connectivity index (χ0) is 18.6. The predicted octanol–water partition coefficient (Wildman–Crippen LogP) is 5.12. The van der Waals surface area contributed by atoms with Crippen LogP contribution in [0, 0.1) is 0 Å². The number of carbonyl (C=O) groups is 1. The Kier molecular flexibility index (Phi) is 4.99. The van der Waals surface area contributed by atoms with Gasteiger partial charge in [-0.05, 0) is 41.5 Å². The van der Waals surface area contributed by atoms with Crippen molar-refractivity contribution >= 4 is 23.3 Å². The number of rotatable bonds is 5. The van der Waals surface area contributed by atoms with E-state index in [2.05, 4.69) is 5.32 Å². The van der Waals surface area contributed by atoms with E-state index in [9.17, 15) is 4.79 Å². The van der Waals surface area contributed by atoms with E-state index in [0.717, 1.165) is 28.1 Å². The van der Waals surface area contributed by atoms with E-state index in [1.807, 2.05) is 72.8 Å². The minimum Gasteiger partial charge on any atom is -0.489 e. The molecule has 5 heteroatoms. The number of nitrogens with zero attached hydrogens (tertiary/aromatic N) is 1. The highest BCUT2D eigenvalue weighted by molar-refractivity contribution is 6.33. The maximum Gasteiger partial charge on any atom is 0.321 e. The smallest absolute Gasteiger partial charge is 0.321 e. The maximum atomic E-state index is 11.9. The first-order valence-corrected chi connectivity index (χ1v) is 9.20. The van der Waals surface area contributed by atoms with Gasteiger partial charge in [0.2, 0.25) is 0 Å². The van der Waals surface area contributed by atoms with Gasteiger partial charge in [-0.1, -0.05) is 54.1 Å². The second kappa shape index (κ2) is 7.72. The molecule has 1 saturated heterocycles. The van der Waals surface area contributed by atoms with Gasteiger partial charge in [0.1, 0.15) is 12.4 Å². The quantitative estimate of drug-likeness (QED) is 0.669. The van der Waals surface area contributed by atoms with Crippen molar-refractivity contribution in [3.8, 4) is 16.9 Å². The highest BCUT2D eigenvalue weighted by Crippen LogP contribution is 2.34. The van der Waals surface area contributed by atoms with Crippen LogP contribution in [0.15, 0.2) is 72.8 Å². The highest BCUT2D eigenvalue weighted by Gasteiger charge is 2.22. The van der Waals surface area contributed by atoms with Gasteiger partial charge in [-0.3, -0.25) is 4.90 Å². The molecule has 1 fully saturated rings. The number of nitrogens with one attached hydrogen (secondary N) is 1. The molecule has 1 heterocycles. The molecule has 3 aromatic rings. The molecule has 0 spiro atoms. The summed E-state index contributed by atoms with van der Waals surface area (Å²) >= 11 is 6.44. The van der Waals surface area contributed by atoms with E-state index in [1.165, 1.54) is 0 Å². The van der Waals surface area contributed by atoms with Crippen LogP contribution < -0.4 is 15.0 Å². The lowest BCUT2D eigenvalue weighted by atomic mass is 10.0. The summed E-state index contributed by atoms with van der Waals surface area (Å²) in [6.07, 6.45) is 0. The van der Waals surface area contributed by atoms with E-state index >= 15 is 0 Å². The van der Waals surface area contributed by atoms with Gasteiger partial charge in [-0.15, -0.1) is 0 Å². The van der Waals surface area contributed by atoms with E-state index < -0.39 is 0 Å². The van der Waals surface area contributed by atoms with Crippen LogP contribution in [0.4, 0.5) is 10.5 Å². The van der Waals surface area contributed by atoms with E-state index in [1.54, 1.807) is 4.90 Å². The zero-order valence-electron chi connectivity index (χ0n) is 14.7. The van der Waals surface area contributed by atoms with Crippen LogP contribution >= 0.6 is 11.6 Å². The number of carbonyl (C=O) groups excluding carboxylic acids is 1. The Labute approximate surface area is 163 Å². The molecule has 4 nitrogen and oxygen atoms in total. The van der Waals surface area contributed by atoms with Crippen LogP contribution in [0.3, 0.4) is 0 Å². The second-order valence-electron chi connectivity index (χ2n) is 6.35. The van der Waals surface area contributed by atoms with Crippen LogP contribution in [-0.4, -0.2) is 19.1 Å². The van der Waals surface area contributed by atoms with Crippen molar-refractivity contribution in [2.45, 2.75) is 6.61 Å². The van der Waals surface area contributed by atoms with Crippen LogP contribution in [-0.2, 0) is 6.61 Å². The first-order valence-electron chi connectivity index (χ1n) is 8.83. The molecule has 0 saturated carbocycles. The number of urea groups is 1. The van der Waals surface area contributed by atoms with Gasteiger partial charge >= 0.3 is 6.03 Å². The first kappa shape index (κ1) is 17.4. The summed E-state index contributed by atoms with van der Waals surface area (Å²) in [7, 11) is 0. The molecule has 27 heavy (non-hydrogen) atoms. The molecule has 4 rings (SSSR count). The van der Waals surface area contributed by atoms with E-state index in [4.69, 9.17) is 16.3 Å².